The number of aryl methyl sites for hydroxylation is 1. The van der Waals surface area contributed by atoms with E-state index in [9.17, 15) is 4.79 Å². The molecule has 0 radical (unpaired) electrons. The number of imidazole rings is 1. The lowest BCUT2D eigenvalue weighted by Crippen LogP contribution is -2.24. The Hall–Kier alpha value is -3.40. The molecule has 0 unspecified atom stereocenters. The van der Waals surface area contributed by atoms with Crippen LogP contribution in [0.15, 0.2) is 24.8 Å². The second-order valence-electron chi connectivity index (χ2n) is 6.71. The maximum atomic E-state index is 12.1. The number of carbonyl (C=O) groups is 1. The second kappa shape index (κ2) is 6.59. The summed E-state index contributed by atoms with van der Waals surface area (Å²) in [5.74, 6) is 1.24. The molecule has 0 aliphatic carbocycles. The van der Waals surface area contributed by atoms with Gasteiger partial charge in [0.1, 0.15) is 21.9 Å². The number of methoxy groups -OCH3 is 1. The number of nitrogens with one attached hydrogen (secondary N) is 1. The minimum atomic E-state index is 0.0283. The molecule has 4 aromatic heterocycles. The Labute approximate surface area is 170 Å². The summed E-state index contributed by atoms with van der Waals surface area (Å²) in [6, 6.07) is 1.80. The van der Waals surface area contributed by atoms with Crippen LogP contribution in [0, 0.1) is 0 Å². The summed E-state index contributed by atoms with van der Waals surface area (Å²) in [5.41, 5.74) is 2.97. The first-order chi connectivity index (χ1) is 14.1. The maximum Gasteiger partial charge on any atom is 0.251 e. The van der Waals surface area contributed by atoms with Crippen molar-refractivity contribution in [1.82, 2.24) is 34.3 Å². The second-order valence-corrected chi connectivity index (χ2v) is 7.11. The molecule has 5 rings (SSSR count). The van der Waals surface area contributed by atoms with Crippen molar-refractivity contribution in [3.05, 3.63) is 29.8 Å². The van der Waals surface area contributed by atoms with E-state index in [4.69, 9.17) is 16.3 Å². The van der Waals surface area contributed by atoms with E-state index < -0.39 is 0 Å². The molecule has 1 aliphatic heterocycles. The minimum absolute atomic E-state index is 0.0283. The van der Waals surface area contributed by atoms with E-state index in [0.717, 1.165) is 23.3 Å². The lowest BCUT2D eigenvalue weighted by molar-refractivity contribution is -0.117. The first-order valence-corrected chi connectivity index (χ1v) is 9.40. The van der Waals surface area contributed by atoms with Crippen LogP contribution in [0.3, 0.4) is 0 Å². The fraction of sp³-hybridized carbons (Fsp3) is 0.278. The molecule has 1 aliphatic rings. The highest BCUT2D eigenvalue weighted by atomic mass is 35.5. The number of rotatable bonds is 4. The van der Waals surface area contributed by atoms with Crippen LogP contribution in [0.1, 0.15) is 12.8 Å². The number of aromatic nitrogens is 7. The highest BCUT2D eigenvalue weighted by molar-refractivity contribution is 6.32. The van der Waals surface area contributed by atoms with Gasteiger partial charge in [0.25, 0.3) is 5.95 Å². The third kappa shape index (κ3) is 2.67. The largest absolute Gasteiger partial charge is 0.480 e. The van der Waals surface area contributed by atoms with E-state index in [2.05, 4.69) is 25.1 Å². The summed E-state index contributed by atoms with van der Waals surface area (Å²) in [4.78, 5) is 27.0. The Kier molecular flexibility index (Phi) is 4.02. The number of anilines is 1. The molecular formula is C18H17ClN8O2. The van der Waals surface area contributed by atoms with Crippen molar-refractivity contribution in [2.75, 3.05) is 18.6 Å². The molecule has 4 aromatic rings. The van der Waals surface area contributed by atoms with E-state index in [-0.39, 0.29) is 5.91 Å². The molecule has 148 valence electrons. The molecule has 10 nitrogen and oxygen atoms in total. The Morgan fingerprint density at radius 3 is 2.86 bits per heavy atom. The van der Waals surface area contributed by atoms with Crippen LogP contribution < -0.4 is 9.64 Å². The summed E-state index contributed by atoms with van der Waals surface area (Å²) in [6.45, 7) is 0.619. The monoisotopic (exact) mass is 412 g/mol. The average Bonchev–Trinajstić information content (AvgIpc) is 3.48. The van der Waals surface area contributed by atoms with Crippen molar-refractivity contribution < 1.29 is 9.53 Å². The molecule has 1 saturated heterocycles. The van der Waals surface area contributed by atoms with E-state index in [1.54, 1.807) is 23.5 Å². The zero-order chi connectivity index (χ0) is 20.1. The van der Waals surface area contributed by atoms with Crippen molar-refractivity contribution in [1.29, 1.82) is 0 Å². The standard InChI is InChI=1S/C18H17ClN8O2/c1-25-11-8-10(19)17(29-2)21-13(11)14(26-7-5-20-9-26)15(25)16-22-18(24-23-16)27-6-3-4-12(27)28/h5,7-9H,3-4,6H2,1-2H3,(H,22,23,24). The van der Waals surface area contributed by atoms with Gasteiger partial charge in [0, 0.05) is 32.4 Å². The molecule has 0 saturated carbocycles. The number of pyridine rings is 1. The molecular weight excluding hydrogens is 396 g/mol. The van der Waals surface area contributed by atoms with E-state index >= 15 is 0 Å². The van der Waals surface area contributed by atoms with E-state index in [1.807, 2.05) is 22.4 Å². The quantitative estimate of drug-likeness (QED) is 0.551. The van der Waals surface area contributed by atoms with Crippen molar-refractivity contribution in [2.24, 2.45) is 7.05 Å². The molecule has 0 aromatic carbocycles. The van der Waals surface area contributed by atoms with Crippen LogP contribution in [0.25, 0.3) is 28.2 Å². The SMILES string of the molecule is COc1nc2c(-n3ccnc3)c(-c3nc(N4CCCC4=O)n[nH]3)n(C)c2cc1Cl. The molecule has 0 atom stereocenters. The predicted molar refractivity (Wildman–Crippen MR) is 106 cm³/mol. The van der Waals surface area contributed by atoms with Gasteiger partial charge < -0.3 is 13.9 Å². The molecule has 0 spiro atoms. The summed E-state index contributed by atoms with van der Waals surface area (Å²) < 4.78 is 9.08. The smallest absolute Gasteiger partial charge is 0.251 e. The Morgan fingerprint density at radius 2 is 2.17 bits per heavy atom. The maximum absolute atomic E-state index is 12.1. The fourth-order valence-corrected chi connectivity index (χ4v) is 3.90. The number of nitrogens with zero attached hydrogens (tertiary/aromatic N) is 7. The minimum Gasteiger partial charge on any atom is -0.480 e. The number of hydrogen-bond acceptors (Lipinski definition) is 6. The van der Waals surface area contributed by atoms with Crippen molar-refractivity contribution in [2.45, 2.75) is 12.8 Å². The number of fused-ring (bicyclic) bond motifs is 1. The number of carbonyl (C=O) groups excluding carboxylic acids is 1. The molecule has 11 heteroatoms. The normalized spacial score (nSPS) is 14.3. The van der Waals surface area contributed by atoms with Gasteiger partial charge in [-0.1, -0.05) is 11.6 Å². The van der Waals surface area contributed by atoms with Crippen molar-refractivity contribution in [3.63, 3.8) is 0 Å². The van der Waals surface area contributed by atoms with E-state index in [1.165, 1.54) is 7.11 Å². The van der Waals surface area contributed by atoms with Crippen molar-refractivity contribution >= 4 is 34.5 Å². The van der Waals surface area contributed by atoms with Gasteiger partial charge in [0.05, 0.1) is 19.0 Å². The van der Waals surface area contributed by atoms with Crippen LogP contribution >= 0.6 is 11.6 Å². The highest BCUT2D eigenvalue weighted by Crippen LogP contribution is 2.37. The zero-order valence-corrected chi connectivity index (χ0v) is 16.5. The Balaban J connectivity index is 1.75. The van der Waals surface area contributed by atoms with Gasteiger partial charge in [-0.3, -0.25) is 14.8 Å². The van der Waals surface area contributed by atoms with Gasteiger partial charge in [-0.05, 0) is 12.5 Å². The van der Waals surface area contributed by atoms with Gasteiger partial charge >= 0.3 is 0 Å². The molecule has 5 heterocycles. The van der Waals surface area contributed by atoms with Crippen LogP contribution in [0.5, 0.6) is 5.88 Å². The van der Waals surface area contributed by atoms with E-state index in [0.29, 0.717) is 41.2 Å². The highest BCUT2D eigenvalue weighted by Gasteiger charge is 2.28. The Bertz CT molecular complexity index is 1230. The first kappa shape index (κ1) is 17.7. The molecule has 1 N–H and O–H groups in total. The van der Waals surface area contributed by atoms with Gasteiger partial charge in [-0.2, -0.15) is 4.98 Å². The number of halogens is 1. The van der Waals surface area contributed by atoms with Crippen LogP contribution in [0.4, 0.5) is 5.95 Å². The Morgan fingerprint density at radius 1 is 1.31 bits per heavy atom. The number of ether oxygens (including phenoxy) is 1. The third-order valence-corrected chi connectivity index (χ3v) is 5.31. The van der Waals surface area contributed by atoms with Crippen LogP contribution in [-0.4, -0.2) is 53.8 Å². The molecule has 0 bridgehead atoms. The van der Waals surface area contributed by atoms with Gasteiger partial charge in [-0.25, -0.2) is 9.97 Å². The van der Waals surface area contributed by atoms with Gasteiger partial charge in [0.2, 0.25) is 11.8 Å². The summed E-state index contributed by atoms with van der Waals surface area (Å²) >= 11 is 6.31. The fourth-order valence-electron chi connectivity index (χ4n) is 3.67. The first-order valence-electron chi connectivity index (χ1n) is 9.03. The summed E-state index contributed by atoms with van der Waals surface area (Å²) in [5, 5.41) is 7.64. The number of H-pyrrole nitrogens is 1. The summed E-state index contributed by atoms with van der Waals surface area (Å²) in [6.07, 6.45) is 6.51. The third-order valence-electron chi connectivity index (χ3n) is 5.04. The number of aromatic amines is 1. The average molecular weight is 413 g/mol. The summed E-state index contributed by atoms with van der Waals surface area (Å²) in [7, 11) is 3.42. The lowest BCUT2D eigenvalue weighted by atomic mass is 10.3. The number of amides is 1. The topological polar surface area (TPSA) is 107 Å². The van der Waals surface area contributed by atoms with Gasteiger partial charge in [-0.15, -0.1) is 5.10 Å². The van der Waals surface area contributed by atoms with Crippen molar-refractivity contribution in [3.8, 4) is 23.1 Å². The predicted octanol–water partition coefficient (Wildman–Crippen LogP) is 2.33. The van der Waals surface area contributed by atoms with Crippen LogP contribution in [0.2, 0.25) is 5.02 Å². The van der Waals surface area contributed by atoms with Crippen LogP contribution in [-0.2, 0) is 11.8 Å². The number of hydrogen-bond donors (Lipinski definition) is 1. The zero-order valence-electron chi connectivity index (χ0n) is 15.8. The molecule has 1 fully saturated rings. The lowest BCUT2D eigenvalue weighted by Gasteiger charge is -2.09. The molecule has 29 heavy (non-hydrogen) atoms. The van der Waals surface area contributed by atoms with Gasteiger partial charge in [0.15, 0.2) is 5.82 Å². The molecule has 1 amide bonds.